The first-order valence-corrected chi connectivity index (χ1v) is 7.84. The lowest BCUT2D eigenvalue weighted by atomic mass is 9.86. The summed E-state index contributed by atoms with van der Waals surface area (Å²) < 4.78 is 0. The number of amides is 4. The Balaban J connectivity index is 1.69. The van der Waals surface area contributed by atoms with Gasteiger partial charge in [-0.25, -0.2) is 4.79 Å². The van der Waals surface area contributed by atoms with E-state index in [-0.39, 0.29) is 30.4 Å². The van der Waals surface area contributed by atoms with Gasteiger partial charge in [0.05, 0.1) is 0 Å². The van der Waals surface area contributed by atoms with Gasteiger partial charge < -0.3 is 10.2 Å². The molecule has 0 aromatic rings. The highest BCUT2D eigenvalue weighted by Crippen LogP contribution is 2.23. The predicted molar refractivity (Wildman–Crippen MR) is 78.5 cm³/mol. The Morgan fingerprint density at radius 1 is 1.29 bits per heavy atom. The Kier molecular flexibility index (Phi) is 5.20. The molecule has 1 aliphatic heterocycles. The summed E-state index contributed by atoms with van der Waals surface area (Å²) in [6, 6.07) is 0.0220. The number of hydrogen-bond acceptors (Lipinski definition) is 3. The quantitative estimate of drug-likeness (QED) is 0.779. The molecule has 6 nitrogen and oxygen atoms in total. The number of carbonyl (C=O) groups excluding carboxylic acids is 3. The molecule has 21 heavy (non-hydrogen) atoms. The van der Waals surface area contributed by atoms with Crippen LogP contribution in [0.3, 0.4) is 0 Å². The van der Waals surface area contributed by atoms with Crippen LogP contribution < -0.4 is 5.32 Å². The summed E-state index contributed by atoms with van der Waals surface area (Å²) in [7, 11) is 1.61. The summed E-state index contributed by atoms with van der Waals surface area (Å²) in [5, 5.41) is 3.09. The van der Waals surface area contributed by atoms with Crippen molar-refractivity contribution >= 4 is 17.8 Å². The lowest BCUT2D eigenvalue weighted by molar-refractivity contribution is -0.126. The Morgan fingerprint density at radius 2 is 2.00 bits per heavy atom. The summed E-state index contributed by atoms with van der Waals surface area (Å²) >= 11 is 0. The van der Waals surface area contributed by atoms with Crippen LogP contribution in [0.25, 0.3) is 0 Å². The molecule has 1 saturated heterocycles. The molecule has 0 spiro atoms. The van der Waals surface area contributed by atoms with Gasteiger partial charge in [-0.05, 0) is 25.2 Å². The number of likely N-dealkylation sites (N-methyl/N-ethyl adjacent to an activating group) is 1. The monoisotopic (exact) mass is 295 g/mol. The lowest BCUT2D eigenvalue weighted by Crippen LogP contribution is -2.41. The molecule has 6 heteroatoms. The van der Waals surface area contributed by atoms with E-state index in [9.17, 15) is 14.4 Å². The van der Waals surface area contributed by atoms with Crippen molar-refractivity contribution in [3.8, 4) is 0 Å². The van der Waals surface area contributed by atoms with Gasteiger partial charge in [-0.3, -0.25) is 14.5 Å². The van der Waals surface area contributed by atoms with E-state index < -0.39 is 0 Å². The first-order chi connectivity index (χ1) is 9.99. The molecule has 1 saturated carbocycles. The number of carbonyl (C=O) groups is 3. The number of hydrogen-bond donors (Lipinski definition) is 1. The molecule has 2 fully saturated rings. The third kappa shape index (κ3) is 3.95. The van der Waals surface area contributed by atoms with Gasteiger partial charge in [-0.2, -0.15) is 0 Å². The average Bonchev–Trinajstić information content (AvgIpc) is 2.68. The number of nitrogens with one attached hydrogen (secondary N) is 1. The minimum absolute atomic E-state index is 0.0289. The van der Waals surface area contributed by atoms with Gasteiger partial charge in [0.1, 0.15) is 6.54 Å². The van der Waals surface area contributed by atoms with E-state index in [0.717, 1.165) is 6.42 Å². The van der Waals surface area contributed by atoms with Crippen molar-refractivity contribution in [2.75, 3.05) is 20.1 Å². The largest absolute Gasteiger partial charge is 0.353 e. The summed E-state index contributed by atoms with van der Waals surface area (Å²) in [5.41, 5.74) is 0. The van der Waals surface area contributed by atoms with Crippen molar-refractivity contribution in [1.29, 1.82) is 0 Å². The molecule has 1 aliphatic carbocycles. The van der Waals surface area contributed by atoms with Gasteiger partial charge in [0.25, 0.3) is 0 Å². The Labute approximate surface area is 125 Å². The molecule has 118 valence electrons. The van der Waals surface area contributed by atoms with E-state index in [1.165, 1.54) is 29.1 Å². The first kappa shape index (κ1) is 15.8. The third-order valence-electron chi connectivity index (χ3n) is 4.47. The zero-order valence-corrected chi connectivity index (χ0v) is 12.9. The molecule has 2 rings (SSSR count). The second kappa shape index (κ2) is 6.91. The van der Waals surface area contributed by atoms with E-state index in [4.69, 9.17) is 0 Å². The van der Waals surface area contributed by atoms with Gasteiger partial charge >= 0.3 is 6.03 Å². The molecule has 2 aliphatic rings. The zero-order chi connectivity index (χ0) is 15.4. The van der Waals surface area contributed by atoms with Crippen molar-refractivity contribution in [1.82, 2.24) is 15.1 Å². The van der Waals surface area contributed by atoms with Crippen LogP contribution in [0.5, 0.6) is 0 Å². The van der Waals surface area contributed by atoms with Crippen LogP contribution in [0.4, 0.5) is 4.79 Å². The predicted octanol–water partition coefficient (Wildman–Crippen LogP) is 1.36. The summed E-state index contributed by atoms with van der Waals surface area (Å²) in [6.45, 7) is 2.65. The second-order valence-electron chi connectivity index (χ2n) is 6.22. The molecule has 0 radical (unpaired) electrons. The standard InChI is InChI=1S/C15H25N3O3/c1-11-6-3-4-7-12(11)16-13(19)8-5-9-18-14(20)10-17(2)15(18)21/h11-12H,3-10H2,1-2H3,(H,16,19). The molecule has 4 amide bonds. The molecule has 0 aromatic heterocycles. The summed E-state index contributed by atoms with van der Waals surface area (Å²) in [5.74, 6) is 0.392. The van der Waals surface area contributed by atoms with E-state index in [1.807, 2.05) is 0 Å². The Morgan fingerprint density at radius 3 is 2.62 bits per heavy atom. The first-order valence-electron chi connectivity index (χ1n) is 7.84. The van der Waals surface area contributed by atoms with Gasteiger partial charge in [0.2, 0.25) is 11.8 Å². The fraction of sp³-hybridized carbons (Fsp3) is 0.800. The Hall–Kier alpha value is -1.59. The smallest absolute Gasteiger partial charge is 0.326 e. The molecule has 2 atom stereocenters. The van der Waals surface area contributed by atoms with Gasteiger partial charge in [-0.15, -0.1) is 0 Å². The molecule has 0 bridgehead atoms. The maximum atomic E-state index is 11.9. The van der Waals surface area contributed by atoms with E-state index in [0.29, 0.717) is 25.3 Å². The highest BCUT2D eigenvalue weighted by Gasteiger charge is 2.33. The maximum absolute atomic E-state index is 11.9. The van der Waals surface area contributed by atoms with E-state index in [2.05, 4.69) is 12.2 Å². The Bertz CT molecular complexity index is 424. The summed E-state index contributed by atoms with van der Waals surface area (Å²) in [6.07, 6.45) is 5.55. The minimum Gasteiger partial charge on any atom is -0.353 e. The van der Waals surface area contributed by atoms with Crippen molar-refractivity contribution < 1.29 is 14.4 Å². The van der Waals surface area contributed by atoms with Crippen LogP contribution in [0, 0.1) is 5.92 Å². The zero-order valence-electron chi connectivity index (χ0n) is 12.9. The molecule has 0 aromatic carbocycles. The second-order valence-corrected chi connectivity index (χ2v) is 6.22. The van der Waals surface area contributed by atoms with Crippen molar-refractivity contribution in [2.24, 2.45) is 5.92 Å². The molecular formula is C15H25N3O3. The number of urea groups is 1. The van der Waals surface area contributed by atoms with Crippen LogP contribution in [0.2, 0.25) is 0 Å². The molecular weight excluding hydrogens is 270 g/mol. The lowest BCUT2D eigenvalue weighted by Gasteiger charge is -2.29. The van der Waals surface area contributed by atoms with Crippen molar-refractivity contribution in [3.05, 3.63) is 0 Å². The van der Waals surface area contributed by atoms with Gasteiger partial charge in [0, 0.05) is 26.1 Å². The number of rotatable bonds is 5. The van der Waals surface area contributed by atoms with E-state index >= 15 is 0 Å². The van der Waals surface area contributed by atoms with Crippen LogP contribution in [-0.2, 0) is 9.59 Å². The SMILES string of the molecule is CC1CCCCC1NC(=O)CCCN1C(=O)CN(C)C1=O. The van der Waals surface area contributed by atoms with Crippen molar-refractivity contribution in [2.45, 2.75) is 51.5 Å². The van der Waals surface area contributed by atoms with Crippen LogP contribution >= 0.6 is 0 Å². The van der Waals surface area contributed by atoms with Gasteiger partial charge in [-0.1, -0.05) is 19.8 Å². The summed E-state index contributed by atoms with van der Waals surface area (Å²) in [4.78, 5) is 37.9. The third-order valence-corrected chi connectivity index (χ3v) is 4.47. The van der Waals surface area contributed by atoms with Crippen LogP contribution in [0.15, 0.2) is 0 Å². The molecule has 1 heterocycles. The van der Waals surface area contributed by atoms with Crippen LogP contribution in [0.1, 0.15) is 45.4 Å². The topological polar surface area (TPSA) is 69.7 Å². The fourth-order valence-electron chi connectivity index (χ4n) is 3.10. The maximum Gasteiger partial charge on any atom is 0.326 e. The molecule has 1 N–H and O–H groups in total. The highest BCUT2D eigenvalue weighted by atomic mass is 16.2. The van der Waals surface area contributed by atoms with Gasteiger partial charge in [0.15, 0.2) is 0 Å². The fourth-order valence-corrected chi connectivity index (χ4v) is 3.10. The molecule has 2 unspecified atom stereocenters. The van der Waals surface area contributed by atoms with E-state index in [1.54, 1.807) is 7.05 Å². The minimum atomic E-state index is -0.263. The van der Waals surface area contributed by atoms with Crippen LogP contribution in [-0.4, -0.2) is 53.8 Å². The van der Waals surface area contributed by atoms with Crippen molar-refractivity contribution in [3.63, 3.8) is 0 Å². The number of nitrogens with zero attached hydrogens (tertiary/aromatic N) is 2. The normalized spacial score (nSPS) is 26.4. The highest BCUT2D eigenvalue weighted by molar-refractivity contribution is 6.01. The average molecular weight is 295 g/mol. The number of imide groups is 1.